The van der Waals surface area contributed by atoms with E-state index in [-0.39, 0.29) is 5.75 Å². The topological polar surface area (TPSA) is 73.1 Å². The van der Waals surface area contributed by atoms with E-state index in [0.717, 1.165) is 22.0 Å². The Kier molecular flexibility index (Phi) is 4.25. The van der Waals surface area contributed by atoms with Crippen molar-refractivity contribution in [2.75, 3.05) is 5.32 Å². The van der Waals surface area contributed by atoms with Crippen LogP contribution in [0.1, 0.15) is 5.56 Å². The molecule has 0 spiro atoms. The number of ether oxygens (including phenoxy) is 1. The van der Waals surface area contributed by atoms with Gasteiger partial charge in [0.25, 0.3) is 0 Å². The Balaban J connectivity index is 1.37. The Morgan fingerprint density at radius 1 is 1.03 bits per heavy atom. The van der Waals surface area contributed by atoms with Crippen LogP contribution in [0.3, 0.4) is 0 Å². The number of fused-ring (bicyclic) bond motifs is 3. The van der Waals surface area contributed by atoms with Gasteiger partial charge in [-0.3, -0.25) is 4.98 Å². The lowest BCUT2D eigenvalue weighted by atomic mass is 10.2. The molecule has 142 valence electrons. The number of furan rings is 1. The Morgan fingerprint density at radius 3 is 2.83 bits per heavy atom. The van der Waals surface area contributed by atoms with E-state index in [1.54, 1.807) is 30.5 Å². The minimum Gasteiger partial charge on any atom is -0.453 e. The lowest BCUT2D eigenvalue weighted by Gasteiger charge is -2.09. The van der Waals surface area contributed by atoms with Crippen molar-refractivity contribution in [3.05, 3.63) is 84.7 Å². The van der Waals surface area contributed by atoms with Gasteiger partial charge >= 0.3 is 0 Å². The lowest BCUT2D eigenvalue weighted by molar-refractivity contribution is 0.440. The Hall–Kier alpha value is -4.00. The average Bonchev–Trinajstić information content (AvgIpc) is 3.14. The van der Waals surface area contributed by atoms with Crippen LogP contribution in [0.15, 0.2) is 77.7 Å². The SMILES string of the molecule is Fc1cc(CNc2ncnc3c2oc2ccccc23)ccc1Oc1cccnc1. The van der Waals surface area contributed by atoms with Crippen LogP contribution in [0.25, 0.3) is 22.1 Å². The predicted octanol–water partition coefficient (Wildman–Crippen LogP) is 5.31. The van der Waals surface area contributed by atoms with Gasteiger partial charge in [-0.15, -0.1) is 0 Å². The van der Waals surface area contributed by atoms with Crippen molar-refractivity contribution in [2.24, 2.45) is 0 Å². The molecule has 0 aliphatic carbocycles. The molecular weight excluding hydrogens is 371 g/mol. The fourth-order valence-corrected chi connectivity index (χ4v) is 3.11. The summed E-state index contributed by atoms with van der Waals surface area (Å²) in [6.07, 6.45) is 4.64. The number of hydrogen-bond acceptors (Lipinski definition) is 6. The highest BCUT2D eigenvalue weighted by Crippen LogP contribution is 2.31. The van der Waals surface area contributed by atoms with E-state index in [2.05, 4.69) is 20.3 Å². The van der Waals surface area contributed by atoms with Crippen molar-refractivity contribution in [3.63, 3.8) is 0 Å². The average molecular weight is 386 g/mol. The first-order valence-corrected chi connectivity index (χ1v) is 9.00. The van der Waals surface area contributed by atoms with Gasteiger partial charge in [-0.25, -0.2) is 14.4 Å². The van der Waals surface area contributed by atoms with Crippen molar-refractivity contribution in [2.45, 2.75) is 6.54 Å². The van der Waals surface area contributed by atoms with Gasteiger partial charge in [0.15, 0.2) is 23.0 Å². The maximum Gasteiger partial charge on any atom is 0.196 e. The second-order valence-corrected chi connectivity index (χ2v) is 6.41. The summed E-state index contributed by atoms with van der Waals surface area (Å²) in [6.45, 7) is 0.368. The maximum absolute atomic E-state index is 14.4. The molecule has 1 N–H and O–H groups in total. The summed E-state index contributed by atoms with van der Waals surface area (Å²) in [5.41, 5.74) is 2.80. The first-order valence-electron chi connectivity index (χ1n) is 9.00. The molecule has 0 aliphatic heterocycles. The summed E-state index contributed by atoms with van der Waals surface area (Å²) in [5.74, 6) is 0.723. The van der Waals surface area contributed by atoms with E-state index >= 15 is 0 Å². The van der Waals surface area contributed by atoms with Crippen molar-refractivity contribution in [1.29, 1.82) is 0 Å². The van der Waals surface area contributed by atoms with Gasteiger partial charge in [0.1, 0.15) is 23.2 Å². The lowest BCUT2D eigenvalue weighted by Crippen LogP contribution is -2.02. The number of nitrogens with one attached hydrogen (secondary N) is 1. The standard InChI is InChI=1S/C22H15FN4O2/c23-17-10-14(7-8-19(17)28-15-4-3-9-24-12-15)11-25-22-21-20(26-13-27-22)16-5-1-2-6-18(16)29-21/h1-10,12-13H,11H2,(H,25,26,27). The first-order chi connectivity index (χ1) is 14.3. The van der Waals surface area contributed by atoms with Crippen LogP contribution in [0.4, 0.5) is 10.2 Å². The maximum atomic E-state index is 14.4. The highest BCUT2D eigenvalue weighted by atomic mass is 19.1. The van der Waals surface area contributed by atoms with Crippen molar-refractivity contribution < 1.29 is 13.5 Å². The molecule has 0 saturated carbocycles. The summed E-state index contributed by atoms with van der Waals surface area (Å²) in [6, 6.07) is 15.9. The number of para-hydroxylation sites is 1. The van der Waals surface area contributed by atoms with Gasteiger partial charge in [-0.05, 0) is 42.0 Å². The van der Waals surface area contributed by atoms with E-state index in [9.17, 15) is 4.39 Å². The molecule has 0 bridgehead atoms. The predicted molar refractivity (Wildman–Crippen MR) is 107 cm³/mol. The molecule has 0 atom stereocenters. The van der Waals surface area contributed by atoms with E-state index in [4.69, 9.17) is 9.15 Å². The Bertz CT molecular complexity index is 1300. The van der Waals surface area contributed by atoms with E-state index in [1.165, 1.54) is 18.6 Å². The summed E-state index contributed by atoms with van der Waals surface area (Å²) < 4.78 is 25.9. The molecule has 3 heterocycles. The molecular formula is C22H15FN4O2. The van der Waals surface area contributed by atoms with Crippen LogP contribution < -0.4 is 10.1 Å². The molecule has 3 aromatic heterocycles. The number of benzene rings is 2. The van der Waals surface area contributed by atoms with Gasteiger partial charge in [-0.1, -0.05) is 18.2 Å². The molecule has 0 amide bonds. The number of nitrogens with zero attached hydrogens (tertiary/aromatic N) is 3. The molecule has 5 rings (SSSR count). The molecule has 0 unspecified atom stereocenters. The fraction of sp³-hybridized carbons (Fsp3) is 0.0455. The number of rotatable bonds is 5. The minimum absolute atomic E-state index is 0.142. The molecule has 0 fully saturated rings. The third-order valence-corrected chi connectivity index (χ3v) is 4.48. The first kappa shape index (κ1) is 17.1. The monoisotopic (exact) mass is 386 g/mol. The van der Waals surface area contributed by atoms with E-state index < -0.39 is 5.82 Å². The Labute approximate surface area is 165 Å². The molecule has 0 radical (unpaired) electrons. The fourth-order valence-electron chi connectivity index (χ4n) is 3.11. The summed E-state index contributed by atoms with van der Waals surface area (Å²) >= 11 is 0. The number of hydrogen-bond donors (Lipinski definition) is 1. The van der Waals surface area contributed by atoms with Gasteiger partial charge in [0, 0.05) is 18.1 Å². The highest BCUT2D eigenvalue weighted by molar-refractivity contribution is 6.05. The second kappa shape index (κ2) is 7.20. The molecule has 0 saturated heterocycles. The number of pyridine rings is 1. The van der Waals surface area contributed by atoms with Crippen molar-refractivity contribution >= 4 is 27.9 Å². The third kappa shape index (κ3) is 3.34. The Morgan fingerprint density at radius 2 is 1.97 bits per heavy atom. The van der Waals surface area contributed by atoms with Crippen molar-refractivity contribution in [3.8, 4) is 11.5 Å². The van der Waals surface area contributed by atoms with Gasteiger partial charge in [0.05, 0.1) is 6.20 Å². The van der Waals surface area contributed by atoms with Crippen LogP contribution in [0.5, 0.6) is 11.5 Å². The summed E-state index contributed by atoms with van der Waals surface area (Å²) in [7, 11) is 0. The largest absolute Gasteiger partial charge is 0.453 e. The third-order valence-electron chi connectivity index (χ3n) is 4.48. The quantitative estimate of drug-likeness (QED) is 0.441. The zero-order chi connectivity index (χ0) is 19.6. The number of anilines is 1. The number of aromatic nitrogens is 3. The number of halogens is 1. The van der Waals surface area contributed by atoms with Crippen LogP contribution in [0, 0.1) is 5.82 Å². The zero-order valence-electron chi connectivity index (χ0n) is 15.2. The van der Waals surface area contributed by atoms with Gasteiger partial charge in [-0.2, -0.15) is 0 Å². The summed E-state index contributed by atoms with van der Waals surface area (Å²) in [5, 5.41) is 4.13. The smallest absolute Gasteiger partial charge is 0.196 e. The van der Waals surface area contributed by atoms with Crippen molar-refractivity contribution in [1.82, 2.24) is 15.0 Å². The van der Waals surface area contributed by atoms with Crippen LogP contribution in [0.2, 0.25) is 0 Å². The van der Waals surface area contributed by atoms with Gasteiger partial charge in [0.2, 0.25) is 0 Å². The van der Waals surface area contributed by atoms with Crippen LogP contribution in [-0.2, 0) is 6.54 Å². The molecule has 6 nitrogen and oxygen atoms in total. The second-order valence-electron chi connectivity index (χ2n) is 6.41. The molecule has 7 heteroatoms. The molecule has 5 aromatic rings. The summed E-state index contributed by atoms with van der Waals surface area (Å²) in [4.78, 5) is 12.5. The highest BCUT2D eigenvalue weighted by Gasteiger charge is 2.13. The van der Waals surface area contributed by atoms with E-state index in [1.807, 2.05) is 24.3 Å². The van der Waals surface area contributed by atoms with E-state index in [0.29, 0.717) is 23.7 Å². The van der Waals surface area contributed by atoms with Crippen LogP contribution >= 0.6 is 0 Å². The zero-order valence-corrected chi connectivity index (χ0v) is 15.2. The molecule has 29 heavy (non-hydrogen) atoms. The minimum atomic E-state index is -0.454. The molecule has 0 aliphatic rings. The normalized spacial score (nSPS) is 11.1. The molecule has 2 aromatic carbocycles. The van der Waals surface area contributed by atoms with Crippen LogP contribution in [-0.4, -0.2) is 15.0 Å². The van der Waals surface area contributed by atoms with Gasteiger partial charge < -0.3 is 14.5 Å².